The second-order valence-corrected chi connectivity index (χ2v) is 6.28. The fourth-order valence-corrected chi connectivity index (χ4v) is 2.87. The highest BCUT2D eigenvalue weighted by molar-refractivity contribution is 5.88. The molecule has 6 nitrogen and oxygen atoms in total. The molecule has 26 heavy (non-hydrogen) atoms. The Morgan fingerprint density at radius 1 is 1.04 bits per heavy atom. The van der Waals surface area contributed by atoms with E-state index >= 15 is 0 Å². The highest BCUT2D eigenvalue weighted by atomic mass is 16.5. The van der Waals surface area contributed by atoms with Crippen LogP contribution in [0.1, 0.15) is 23.6 Å². The molecule has 0 saturated heterocycles. The third kappa shape index (κ3) is 4.99. The summed E-state index contributed by atoms with van der Waals surface area (Å²) in [6, 6.07) is 13.4. The maximum atomic E-state index is 11.9. The van der Waals surface area contributed by atoms with Crippen LogP contribution in [-0.2, 0) is 24.2 Å². The molecule has 3 N–H and O–H groups in total. The molecule has 2 aromatic rings. The third-order valence-electron chi connectivity index (χ3n) is 4.18. The number of nitrogens with one attached hydrogen (secondary N) is 3. The number of amides is 3. The van der Waals surface area contributed by atoms with Gasteiger partial charge < -0.3 is 20.7 Å². The van der Waals surface area contributed by atoms with E-state index in [2.05, 4.69) is 22.0 Å². The number of benzene rings is 2. The second-order valence-electron chi connectivity index (χ2n) is 6.28. The van der Waals surface area contributed by atoms with Gasteiger partial charge in [-0.3, -0.25) is 4.79 Å². The SMILES string of the molecule is CC(=O)Nc1ccc(CNC(=O)NCCc2ccc3c(c2)CCO3)cc1. The van der Waals surface area contributed by atoms with E-state index in [0.717, 1.165) is 36.4 Å². The number of carbonyl (C=O) groups is 2. The van der Waals surface area contributed by atoms with Crippen molar-refractivity contribution in [2.45, 2.75) is 26.3 Å². The summed E-state index contributed by atoms with van der Waals surface area (Å²) in [4.78, 5) is 22.9. The first kappa shape index (κ1) is 17.8. The Morgan fingerprint density at radius 2 is 1.81 bits per heavy atom. The van der Waals surface area contributed by atoms with Gasteiger partial charge in [-0.15, -0.1) is 0 Å². The van der Waals surface area contributed by atoms with Crippen molar-refractivity contribution in [3.63, 3.8) is 0 Å². The normalized spacial score (nSPS) is 12.0. The van der Waals surface area contributed by atoms with Gasteiger partial charge in [0.25, 0.3) is 0 Å². The molecular formula is C20H23N3O3. The van der Waals surface area contributed by atoms with E-state index in [-0.39, 0.29) is 11.9 Å². The first-order valence-electron chi connectivity index (χ1n) is 8.73. The second kappa shape index (κ2) is 8.38. The maximum absolute atomic E-state index is 11.9. The summed E-state index contributed by atoms with van der Waals surface area (Å²) < 4.78 is 5.50. The highest BCUT2D eigenvalue weighted by Crippen LogP contribution is 2.25. The summed E-state index contributed by atoms with van der Waals surface area (Å²) in [5.41, 5.74) is 4.15. The molecule has 0 aromatic heterocycles. The van der Waals surface area contributed by atoms with Crippen LogP contribution < -0.4 is 20.7 Å². The van der Waals surface area contributed by atoms with Gasteiger partial charge in [0.05, 0.1) is 6.61 Å². The van der Waals surface area contributed by atoms with Crippen LogP contribution >= 0.6 is 0 Å². The van der Waals surface area contributed by atoms with E-state index in [1.165, 1.54) is 18.1 Å². The zero-order chi connectivity index (χ0) is 18.4. The number of hydrogen-bond acceptors (Lipinski definition) is 3. The molecule has 0 aliphatic carbocycles. The van der Waals surface area contributed by atoms with E-state index in [4.69, 9.17) is 4.74 Å². The summed E-state index contributed by atoms with van der Waals surface area (Å²) in [6.07, 6.45) is 1.74. The van der Waals surface area contributed by atoms with E-state index < -0.39 is 0 Å². The molecule has 0 spiro atoms. The largest absolute Gasteiger partial charge is 0.493 e. The average molecular weight is 353 g/mol. The summed E-state index contributed by atoms with van der Waals surface area (Å²) in [5.74, 6) is 0.870. The van der Waals surface area contributed by atoms with Crippen molar-refractivity contribution in [1.29, 1.82) is 0 Å². The van der Waals surface area contributed by atoms with Gasteiger partial charge in [-0.25, -0.2) is 4.79 Å². The van der Waals surface area contributed by atoms with Gasteiger partial charge in [-0.05, 0) is 41.3 Å². The number of hydrogen-bond donors (Lipinski definition) is 3. The van der Waals surface area contributed by atoms with Gasteiger partial charge in [0.15, 0.2) is 0 Å². The van der Waals surface area contributed by atoms with Crippen molar-refractivity contribution < 1.29 is 14.3 Å². The van der Waals surface area contributed by atoms with Gasteiger partial charge in [0, 0.05) is 32.1 Å². The molecule has 6 heteroatoms. The zero-order valence-corrected chi connectivity index (χ0v) is 14.8. The molecule has 3 rings (SSSR count). The topological polar surface area (TPSA) is 79.5 Å². The zero-order valence-electron chi connectivity index (χ0n) is 14.8. The fourth-order valence-electron chi connectivity index (χ4n) is 2.87. The lowest BCUT2D eigenvalue weighted by Crippen LogP contribution is -2.36. The van der Waals surface area contributed by atoms with Crippen molar-refractivity contribution >= 4 is 17.6 Å². The number of rotatable bonds is 6. The van der Waals surface area contributed by atoms with Gasteiger partial charge in [-0.1, -0.05) is 24.3 Å². The third-order valence-corrected chi connectivity index (χ3v) is 4.18. The Balaban J connectivity index is 1.38. The van der Waals surface area contributed by atoms with Gasteiger partial charge in [0.1, 0.15) is 5.75 Å². The van der Waals surface area contributed by atoms with E-state index in [1.54, 1.807) is 0 Å². The smallest absolute Gasteiger partial charge is 0.315 e. The average Bonchev–Trinajstić information content (AvgIpc) is 3.08. The molecule has 0 bridgehead atoms. The molecule has 1 heterocycles. The summed E-state index contributed by atoms with van der Waals surface area (Å²) in [5, 5.41) is 8.41. The molecule has 0 saturated carbocycles. The minimum Gasteiger partial charge on any atom is -0.493 e. The van der Waals surface area contributed by atoms with Crippen LogP contribution in [0.4, 0.5) is 10.5 Å². The predicted molar refractivity (Wildman–Crippen MR) is 100 cm³/mol. The van der Waals surface area contributed by atoms with Crippen molar-refractivity contribution in [2.75, 3.05) is 18.5 Å². The Kier molecular flexibility index (Phi) is 5.73. The predicted octanol–water partition coefficient (Wildman–Crippen LogP) is 2.62. The monoisotopic (exact) mass is 353 g/mol. The standard InChI is InChI=1S/C20H23N3O3/c1-14(24)23-18-5-2-16(3-6-18)13-22-20(25)21-10-8-15-4-7-19-17(12-15)9-11-26-19/h2-7,12H,8-11,13H2,1H3,(H,23,24)(H2,21,22,25). The molecule has 1 aliphatic rings. The summed E-state index contributed by atoms with van der Waals surface area (Å²) >= 11 is 0. The number of urea groups is 1. The summed E-state index contributed by atoms with van der Waals surface area (Å²) in [7, 11) is 0. The van der Waals surface area contributed by atoms with Crippen LogP contribution in [0.15, 0.2) is 42.5 Å². The molecule has 1 aliphatic heterocycles. The van der Waals surface area contributed by atoms with E-state index in [1.807, 2.05) is 36.4 Å². The van der Waals surface area contributed by atoms with Crippen molar-refractivity contribution in [2.24, 2.45) is 0 Å². The first-order chi connectivity index (χ1) is 12.6. The van der Waals surface area contributed by atoms with Crippen molar-refractivity contribution in [3.8, 4) is 5.75 Å². The molecule has 0 unspecified atom stereocenters. The van der Waals surface area contributed by atoms with Crippen LogP contribution in [0.2, 0.25) is 0 Å². The van der Waals surface area contributed by atoms with Crippen LogP contribution in [0.3, 0.4) is 0 Å². The quantitative estimate of drug-likeness (QED) is 0.747. The Bertz CT molecular complexity index is 787. The molecule has 3 amide bonds. The number of anilines is 1. The minimum atomic E-state index is -0.194. The molecule has 0 radical (unpaired) electrons. The van der Waals surface area contributed by atoms with Crippen molar-refractivity contribution in [3.05, 3.63) is 59.2 Å². The Labute approximate surface area is 152 Å². The Morgan fingerprint density at radius 3 is 2.58 bits per heavy atom. The number of carbonyl (C=O) groups excluding carboxylic acids is 2. The van der Waals surface area contributed by atoms with Crippen LogP contribution in [0.5, 0.6) is 5.75 Å². The van der Waals surface area contributed by atoms with Crippen LogP contribution in [-0.4, -0.2) is 25.1 Å². The molecule has 2 aromatic carbocycles. The lowest BCUT2D eigenvalue weighted by atomic mass is 10.1. The fraction of sp³-hybridized carbons (Fsp3) is 0.300. The first-order valence-corrected chi connectivity index (χ1v) is 8.73. The van der Waals surface area contributed by atoms with Gasteiger partial charge in [-0.2, -0.15) is 0 Å². The van der Waals surface area contributed by atoms with E-state index in [9.17, 15) is 9.59 Å². The Hall–Kier alpha value is -3.02. The molecular weight excluding hydrogens is 330 g/mol. The maximum Gasteiger partial charge on any atom is 0.315 e. The lowest BCUT2D eigenvalue weighted by molar-refractivity contribution is -0.114. The number of fused-ring (bicyclic) bond motifs is 1. The molecule has 136 valence electrons. The van der Waals surface area contributed by atoms with E-state index in [0.29, 0.717) is 13.1 Å². The minimum absolute atomic E-state index is 0.105. The van der Waals surface area contributed by atoms with Gasteiger partial charge in [0.2, 0.25) is 5.91 Å². The highest BCUT2D eigenvalue weighted by Gasteiger charge is 2.11. The summed E-state index contributed by atoms with van der Waals surface area (Å²) in [6.45, 7) is 3.23. The van der Waals surface area contributed by atoms with Gasteiger partial charge >= 0.3 is 6.03 Å². The molecule has 0 atom stereocenters. The lowest BCUT2D eigenvalue weighted by Gasteiger charge is -2.09. The van der Waals surface area contributed by atoms with Crippen LogP contribution in [0.25, 0.3) is 0 Å². The molecule has 0 fully saturated rings. The number of ether oxygens (including phenoxy) is 1. The van der Waals surface area contributed by atoms with Crippen LogP contribution in [0, 0.1) is 0 Å². The van der Waals surface area contributed by atoms with Crippen molar-refractivity contribution in [1.82, 2.24) is 10.6 Å².